The SMILES string of the molecule is CCC(C)C(C)NC(=O)c1cccc(CN)c1. The Labute approximate surface area is 103 Å². The van der Waals surface area contributed by atoms with Crippen molar-refractivity contribution in [3.05, 3.63) is 35.4 Å². The molecule has 0 saturated heterocycles. The Morgan fingerprint density at radius 2 is 2.12 bits per heavy atom. The molecule has 0 heterocycles. The van der Waals surface area contributed by atoms with Gasteiger partial charge in [0.15, 0.2) is 0 Å². The van der Waals surface area contributed by atoms with E-state index in [2.05, 4.69) is 19.2 Å². The van der Waals surface area contributed by atoms with Crippen molar-refractivity contribution in [1.29, 1.82) is 0 Å². The zero-order valence-corrected chi connectivity index (χ0v) is 10.9. The fraction of sp³-hybridized carbons (Fsp3) is 0.500. The third-order valence-electron chi connectivity index (χ3n) is 3.28. The topological polar surface area (TPSA) is 55.1 Å². The van der Waals surface area contributed by atoms with Crippen molar-refractivity contribution in [2.45, 2.75) is 39.8 Å². The van der Waals surface area contributed by atoms with E-state index in [1.54, 1.807) is 0 Å². The fourth-order valence-corrected chi connectivity index (χ4v) is 1.63. The second kappa shape index (κ2) is 6.40. The number of carbonyl (C=O) groups is 1. The lowest BCUT2D eigenvalue weighted by Gasteiger charge is -2.20. The Hall–Kier alpha value is -1.35. The predicted octanol–water partition coefficient (Wildman–Crippen LogP) is 2.31. The van der Waals surface area contributed by atoms with Gasteiger partial charge < -0.3 is 11.1 Å². The Kier molecular flexibility index (Phi) is 5.16. The van der Waals surface area contributed by atoms with Crippen LogP contribution in [0.4, 0.5) is 0 Å². The molecule has 0 bridgehead atoms. The van der Waals surface area contributed by atoms with Crippen LogP contribution in [0, 0.1) is 5.92 Å². The Balaban J connectivity index is 2.69. The Morgan fingerprint density at radius 1 is 1.41 bits per heavy atom. The molecule has 0 radical (unpaired) electrons. The molecule has 0 spiro atoms. The number of amides is 1. The molecule has 0 aromatic heterocycles. The number of hydrogen-bond donors (Lipinski definition) is 2. The summed E-state index contributed by atoms with van der Waals surface area (Å²) in [5, 5.41) is 3.02. The lowest BCUT2D eigenvalue weighted by atomic mass is 10.0. The summed E-state index contributed by atoms with van der Waals surface area (Å²) in [6.07, 6.45) is 1.06. The Bertz CT molecular complexity index is 376. The number of carbonyl (C=O) groups excluding carboxylic acids is 1. The molecule has 94 valence electrons. The fourth-order valence-electron chi connectivity index (χ4n) is 1.63. The largest absolute Gasteiger partial charge is 0.349 e. The third kappa shape index (κ3) is 3.86. The van der Waals surface area contributed by atoms with Gasteiger partial charge in [0.2, 0.25) is 0 Å². The van der Waals surface area contributed by atoms with Gasteiger partial charge in [-0.3, -0.25) is 4.79 Å². The minimum atomic E-state index is -0.0203. The molecule has 0 aliphatic rings. The van der Waals surface area contributed by atoms with Crippen molar-refractivity contribution in [1.82, 2.24) is 5.32 Å². The summed E-state index contributed by atoms with van der Waals surface area (Å²) >= 11 is 0. The minimum absolute atomic E-state index is 0.0203. The number of hydrogen-bond acceptors (Lipinski definition) is 2. The summed E-state index contributed by atoms with van der Waals surface area (Å²) in [6.45, 7) is 6.77. The van der Waals surface area contributed by atoms with Gasteiger partial charge >= 0.3 is 0 Å². The molecule has 3 heteroatoms. The van der Waals surface area contributed by atoms with Gasteiger partial charge in [0.1, 0.15) is 0 Å². The number of nitrogens with two attached hydrogens (primary N) is 1. The Morgan fingerprint density at radius 3 is 2.71 bits per heavy atom. The predicted molar refractivity (Wildman–Crippen MR) is 70.7 cm³/mol. The molecule has 0 saturated carbocycles. The summed E-state index contributed by atoms with van der Waals surface area (Å²) in [5.74, 6) is 0.463. The second-order valence-corrected chi connectivity index (χ2v) is 4.55. The van der Waals surface area contributed by atoms with Crippen LogP contribution in [0.1, 0.15) is 43.1 Å². The summed E-state index contributed by atoms with van der Waals surface area (Å²) in [7, 11) is 0. The first kappa shape index (κ1) is 13.7. The maximum atomic E-state index is 12.0. The lowest BCUT2D eigenvalue weighted by molar-refractivity contribution is 0.0928. The van der Waals surface area contributed by atoms with Gasteiger partial charge in [0, 0.05) is 18.2 Å². The monoisotopic (exact) mass is 234 g/mol. The highest BCUT2D eigenvalue weighted by Gasteiger charge is 2.14. The van der Waals surface area contributed by atoms with Gasteiger partial charge in [-0.25, -0.2) is 0 Å². The van der Waals surface area contributed by atoms with E-state index in [1.165, 1.54) is 0 Å². The van der Waals surface area contributed by atoms with Gasteiger partial charge in [0.05, 0.1) is 0 Å². The summed E-state index contributed by atoms with van der Waals surface area (Å²) in [5.41, 5.74) is 7.22. The minimum Gasteiger partial charge on any atom is -0.349 e. The van der Waals surface area contributed by atoms with Gasteiger partial charge in [-0.15, -0.1) is 0 Å². The summed E-state index contributed by atoms with van der Waals surface area (Å²) in [4.78, 5) is 12.0. The molecule has 2 unspecified atom stereocenters. The summed E-state index contributed by atoms with van der Waals surface area (Å²) < 4.78 is 0. The van der Waals surface area contributed by atoms with E-state index in [0.717, 1.165) is 12.0 Å². The normalized spacial score (nSPS) is 14.1. The molecule has 2 atom stereocenters. The lowest BCUT2D eigenvalue weighted by Crippen LogP contribution is -2.36. The molecule has 17 heavy (non-hydrogen) atoms. The van der Waals surface area contributed by atoms with Crippen molar-refractivity contribution in [2.75, 3.05) is 0 Å². The van der Waals surface area contributed by atoms with Crippen LogP contribution in [0.2, 0.25) is 0 Å². The zero-order valence-electron chi connectivity index (χ0n) is 10.9. The molecule has 1 aromatic rings. The van der Waals surface area contributed by atoms with E-state index in [9.17, 15) is 4.79 Å². The molecule has 3 N–H and O–H groups in total. The number of rotatable bonds is 5. The van der Waals surface area contributed by atoms with Crippen LogP contribution in [0.5, 0.6) is 0 Å². The van der Waals surface area contributed by atoms with Crippen molar-refractivity contribution in [3.63, 3.8) is 0 Å². The summed E-state index contributed by atoms with van der Waals surface area (Å²) in [6, 6.07) is 7.64. The first-order chi connectivity index (χ1) is 8.08. The standard InChI is InChI=1S/C14H22N2O/c1-4-10(2)11(3)16-14(17)13-7-5-6-12(8-13)9-15/h5-8,10-11H,4,9,15H2,1-3H3,(H,16,17). The zero-order chi connectivity index (χ0) is 12.8. The van der Waals surface area contributed by atoms with Gasteiger partial charge in [-0.05, 0) is 30.5 Å². The van der Waals surface area contributed by atoms with Crippen LogP contribution in [0.3, 0.4) is 0 Å². The van der Waals surface area contributed by atoms with E-state index in [0.29, 0.717) is 18.0 Å². The quantitative estimate of drug-likeness (QED) is 0.821. The van der Waals surface area contributed by atoms with Crippen LogP contribution < -0.4 is 11.1 Å². The maximum Gasteiger partial charge on any atom is 0.251 e. The molecular weight excluding hydrogens is 212 g/mol. The highest BCUT2D eigenvalue weighted by Crippen LogP contribution is 2.09. The molecular formula is C14H22N2O. The van der Waals surface area contributed by atoms with Crippen LogP contribution in [-0.2, 0) is 6.54 Å². The van der Waals surface area contributed by atoms with Crippen molar-refractivity contribution >= 4 is 5.91 Å². The molecule has 1 amide bonds. The van der Waals surface area contributed by atoms with Crippen LogP contribution >= 0.6 is 0 Å². The van der Waals surface area contributed by atoms with Crippen LogP contribution in [0.15, 0.2) is 24.3 Å². The average molecular weight is 234 g/mol. The molecule has 0 fully saturated rings. The maximum absolute atomic E-state index is 12.0. The van der Waals surface area contributed by atoms with E-state index < -0.39 is 0 Å². The highest BCUT2D eigenvalue weighted by atomic mass is 16.1. The van der Waals surface area contributed by atoms with Crippen LogP contribution in [-0.4, -0.2) is 11.9 Å². The van der Waals surface area contributed by atoms with E-state index in [1.807, 2.05) is 31.2 Å². The number of benzene rings is 1. The number of nitrogens with one attached hydrogen (secondary N) is 1. The highest BCUT2D eigenvalue weighted by molar-refractivity contribution is 5.94. The van der Waals surface area contributed by atoms with Crippen molar-refractivity contribution in [3.8, 4) is 0 Å². The first-order valence-electron chi connectivity index (χ1n) is 6.18. The molecule has 1 rings (SSSR count). The molecule has 0 aliphatic heterocycles. The second-order valence-electron chi connectivity index (χ2n) is 4.55. The van der Waals surface area contributed by atoms with Gasteiger partial charge in [0.25, 0.3) is 5.91 Å². The van der Waals surface area contributed by atoms with Gasteiger partial charge in [-0.1, -0.05) is 32.4 Å². The smallest absolute Gasteiger partial charge is 0.251 e. The molecule has 1 aromatic carbocycles. The van der Waals surface area contributed by atoms with E-state index in [4.69, 9.17) is 5.73 Å². The van der Waals surface area contributed by atoms with Crippen LogP contribution in [0.25, 0.3) is 0 Å². The van der Waals surface area contributed by atoms with Gasteiger partial charge in [-0.2, -0.15) is 0 Å². The molecule has 0 aliphatic carbocycles. The third-order valence-corrected chi connectivity index (χ3v) is 3.28. The van der Waals surface area contributed by atoms with E-state index in [-0.39, 0.29) is 11.9 Å². The van der Waals surface area contributed by atoms with Crippen molar-refractivity contribution < 1.29 is 4.79 Å². The average Bonchev–Trinajstić information content (AvgIpc) is 2.37. The first-order valence-corrected chi connectivity index (χ1v) is 6.18. The molecule has 3 nitrogen and oxygen atoms in total. The van der Waals surface area contributed by atoms with E-state index >= 15 is 0 Å². The van der Waals surface area contributed by atoms with Crippen molar-refractivity contribution in [2.24, 2.45) is 11.7 Å².